The van der Waals surface area contributed by atoms with Crippen LogP contribution in [0, 0.1) is 0 Å². The van der Waals surface area contributed by atoms with Crippen molar-refractivity contribution in [3.63, 3.8) is 0 Å². The molecule has 2 heterocycles. The number of hydrogen-bond acceptors (Lipinski definition) is 3. The van der Waals surface area contributed by atoms with E-state index in [0.717, 1.165) is 44.5 Å². The third kappa shape index (κ3) is 4.05. The lowest BCUT2D eigenvalue weighted by molar-refractivity contribution is -0.132. The van der Waals surface area contributed by atoms with Crippen molar-refractivity contribution in [2.24, 2.45) is 7.05 Å². The fourth-order valence-corrected chi connectivity index (χ4v) is 3.90. The van der Waals surface area contributed by atoms with Crippen LogP contribution in [-0.4, -0.2) is 64.7 Å². The number of carbonyl (C=O) groups excluding carboxylic acids is 1. The number of fused-ring (bicyclic) bond motifs is 1. The van der Waals surface area contributed by atoms with Gasteiger partial charge in [0.15, 0.2) is 0 Å². The molecule has 0 atom stereocenters. The highest BCUT2D eigenvalue weighted by molar-refractivity contribution is 5.89. The molecule has 0 spiro atoms. The Bertz CT molecular complexity index is 717. The molecule has 1 aliphatic heterocycles. The molecule has 136 valence electrons. The maximum atomic E-state index is 12.7. The van der Waals surface area contributed by atoms with Crippen LogP contribution in [0.3, 0.4) is 0 Å². The quantitative estimate of drug-likeness (QED) is 0.873. The van der Waals surface area contributed by atoms with Gasteiger partial charge in [-0.1, -0.05) is 18.2 Å². The molecule has 1 aromatic carbocycles. The monoisotopic (exact) mass is 343 g/mol. The summed E-state index contributed by atoms with van der Waals surface area (Å²) >= 11 is 0. The van der Waals surface area contributed by atoms with Gasteiger partial charge in [-0.05, 0) is 37.9 Å². The zero-order chi connectivity index (χ0) is 17.8. The molecular weight excluding hydrogens is 314 g/mol. The van der Waals surface area contributed by atoms with Crippen molar-refractivity contribution in [1.82, 2.24) is 14.4 Å². The van der Waals surface area contributed by atoms with E-state index in [1.165, 1.54) is 10.9 Å². The average Bonchev–Trinajstić information content (AvgIpc) is 2.96. The van der Waals surface area contributed by atoms with E-state index >= 15 is 0 Å². The number of piperidine rings is 1. The molecule has 1 N–H and O–H groups in total. The fourth-order valence-electron chi connectivity index (χ4n) is 3.90. The van der Waals surface area contributed by atoms with Crippen LogP contribution >= 0.6 is 0 Å². The van der Waals surface area contributed by atoms with Crippen molar-refractivity contribution >= 4 is 16.8 Å². The third-order valence-electron chi connectivity index (χ3n) is 5.43. The number of carbonyl (C=O) groups is 1. The lowest BCUT2D eigenvalue weighted by Gasteiger charge is -2.36. The molecule has 1 aromatic heterocycles. The van der Waals surface area contributed by atoms with Crippen LogP contribution in [-0.2, 0) is 18.3 Å². The van der Waals surface area contributed by atoms with Gasteiger partial charge < -0.3 is 19.5 Å². The summed E-state index contributed by atoms with van der Waals surface area (Å²) in [5.74, 6) is 0.229. The van der Waals surface area contributed by atoms with Crippen LogP contribution < -0.4 is 0 Å². The highest BCUT2D eigenvalue weighted by atomic mass is 16.3. The third-order valence-corrected chi connectivity index (χ3v) is 5.43. The predicted octanol–water partition coefficient (Wildman–Crippen LogP) is 2.03. The minimum atomic E-state index is 0.229. The van der Waals surface area contributed by atoms with Crippen LogP contribution in [0.5, 0.6) is 0 Å². The number of hydrogen-bond donors (Lipinski definition) is 1. The first-order valence-corrected chi connectivity index (χ1v) is 9.22. The second-order valence-electron chi connectivity index (χ2n) is 7.13. The van der Waals surface area contributed by atoms with Gasteiger partial charge in [0.1, 0.15) is 0 Å². The second kappa shape index (κ2) is 8.02. The van der Waals surface area contributed by atoms with Crippen molar-refractivity contribution in [2.45, 2.75) is 31.7 Å². The Morgan fingerprint density at radius 3 is 2.72 bits per heavy atom. The number of aromatic nitrogens is 1. The van der Waals surface area contributed by atoms with E-state index in [4.69, 9.17) is 5.11 Å². The number of nitrogens with zero attached hydrogens (tertiary/aromatic N) is 3. The first kappa shape index (κ1) is 18.0. The number of likely N-dealkylation sites (tertiary alicyclic amines) is 1. The highest BCUT2D eigenvalue weighted by Gasteiger charge is 2.25. The summed E-state index contributed by atoms with van der Waals surface area (Å²) in [6, 6.07) is 8.78. The van der Waals surface area contributed by atoms with Gasteiger partial charge in [0, 0.05) is 56.4 Å². The van der Waals surface area contributed by atoms with Gasteiger partial charge in [0.2, 0.25) is 5.91 Å². The maximum absolute atomic E-state index is 12.7. The SMILES string of the molecule is CN(CCCO)C1CCN(C(=O)Cc2cn(C)c3ccccc23)CC1. The Morgan fingerprint density at radius 1 is 1.28 bits per heavy atom. The Hall–Kier alpha value is -1.85. The molecule has 1 aliphatic rings. The van der Waals surface area contributed by atoms with Crippen molar-refractivity contribution in [1.29, 1.82) is 0 Å². The van der Waals surface area contributed by atoms with Gasteiger partial charge in [-0.2, -0.15) is 0 Å². The zero-order valence-electron chi connectivity index (χ0n) is 15.3. The molecule has 5 nitrogen and oxygen atoms in total. The molecule has 5 heteroatoms. The van der Waals surface area contributed by atoms with Crippen molar-refractivity contribution < 1.29 is 9.90 Å². The van der Waals surface area contributed by atoms with Gasteiger partial charge in [-0.15, -0.1) is 0 Å². The molecule has 1 amide bonds. The number of benzene rings is 1. The van der Waals surface area contributed by atoms with Gasteiger partial charge in [0.25, 0.3) is 0 Å². The molecule has 0 aliphatic carbocycles. The Morgan fingerprint density at radius 2 is 2.00 bits per heavy atom. The number of amides is 1. The van der Waals surface area contributed by atoms with Crippen LogP contribution in [0.2, 0.25) is 0 Å². The molecule has 0 bridgehead atoms. The largest absolute Gasteiger partial charge is 0.396 e. The Kier molecular flexibility index (Phi) is 5.76. The molecule has 0 radical (unpaired) electrons. The number of rotatable bonds is 6. The first-order valence-electron chi connectivity index (χ1n) is 9.22. The predicted molar refractivity (Wildman–Crippen MR) is 101 cm³/mol. The standard InChI is InChI=1S/C20H29N3O2/c1-21(10-5-13-24)17-8-11-23(12-9-17)20(25)14-16-15-22(2)19-7-4-3-6-18(16)19/h3-4,6-7,15,17,24H,5,8-14H2,1-2H3. The summed E-state index contributed by atoms with van der Waals surface area (Å²) in [4.78, 5) is 17.1. The normalized spacial score (nSPS) is 16.1. The van der Waals surface area contributed by atoms with Crippen LogP contribution in [0.4, 0.5) is 0 Å². The summed E-state index contributed by atoms with van der Waals surface area (Å²) in [7, 11) is 4.15. The maximum Gasteiger partial charge on any atom is 0.227 e. The average molecular weight is 343 g/mol. The molecule has 3 rings (SSSR count). The van der Waals surface area contributed by atoms with Crippen LogP contribution in [0.25, 0.3) is 10.9 Å². The minimum Gasteiger partial charge on any atom is -0.396 e. The van der Waals surface area contributed by atoms with E-state index in [1.54, 1.807) is 0 Å². The van der Waals surface area contributed by atoms with Gasteiger partial charge in [-0.3, -0.25) is 4.79 Å². The number of aliphatic hydroxyl groups excluding tert-OH is 1. The molecule has 1 fully saturated rings. The van der Waals surface area contributed by atoms with Crippen molar-refractivity contribution in [3.05, 3.63) is 36.0 Å². The van der Waals surface area contributed by atoms with E-state index in [-0.39, 0.29) is 12.5 Å². The van der Waals surface area contributed by atoms with Gasteiger partial charge in [-0.25, -0.2) is 0 Å². The molecule has 25 heavy (non-hydrogen) atoms. The second-order valence-corrected chi connectivity index (χ2v) is 7.13. The summed E-state index contributed by atoms with van der Waals surface area (Å²) < 4.78 is 2.10. The lowest BCUT2D eigenvalue weighted by atomic mass is 10.0. The Balaban J connectivity index is 1.58. The van der Waals surface area contributed by atoms with E-state index in [9.17, 15) is 4.79 Å². The number of aliphatic hydroxyl groups is 1. The number of aryl methyl sites for hydroxylation is 1. The van der Waals surface area contributed by atoms with Gasteiger partial charge in [0.05, 0.1) is 6.42 Å². The minimum absolute atomic E-state index is 0.229. The van der Waals surface area contributed by atoms with Gasteiger partial charge >= 0.3 is 0 Å². The molecular formula is C20H29N3O2. The first-order chi connectivity index (χ1) is 12.1. The molecule has 0 saturated carbocycles. The van der Waals surface area contributed by atoms with Crippen molar-refractivity contribution in [3.8, 4) is 0 Å². The van der Waals surface area contributed by atoms with E-state index in [1.807, 2.05) is 24.1 Å². The smallest absolute Gasteiger partial charge is 0.227 e. The molecule has 2 aromatic rings. The highest BCUT2D eigenvalue weighted by Crippen LogP contribution is 2.22. The zero-order valence-corrected chi connectivity index (χ0v) is 15.3. The van der Waals surface area contributed by atoms with E-state index in [0.29, 0.717) is 12.5 Å². The summed E-state index contributed by atoms with van der Waals surface area (Å²) in [6.07, 6.45) is 5.41. The summed E-state index contributed by atoms with van der Waals surface area (Å²) in [5, 5.41) is 10.1. The fraction of sp³-hybridized carbons (Fsp3) is 0.550. The summed E-state index contributed by atoms with van der Waals surface area (Å²) in [5.41, 5.74) is 2.29. The lowest BCUT2D eigenvalue weighted by Crippen LogP contribution is -2.46. The van der Waals surface area contributed by atoms with E-state index < -0.39 is 0 Å². The van der Waals surface area contributed by atoms with E-state index in [2.05, 4.69) is 34.8 Å². The number of para-hydroxylation sites is 1. The van der Waals surface area contributed by atoms with Crippen LogP contribution in [0.15, 0.2) is 30.5 Å². The molecule has 1 saturated heterocycles. The topological polar surface area (TPSA) is 48.7 Å². The molecule has 0 unspecified atom stereocenters. The summed E-state index contributed by atoms with van der Waals surface area (Å²) in [6.45, 7) is 2.83. The Labute approximate surface area is 149 Å². The van der Waals surface area contributed by atoms with Crippen molar-refractivity contribution in [2.75, 3.05) is 33.3 Å². The van der Waals surface area contributed by atoms with Crippen LogP contribution in [0.1, 0.15) is 24.8 Å².